The van der Waals surface area contributed by atoms with E-state index in [0.29, 0.717) is 25.8 Å². The fourth-order valence-electron chi connectivity index (χ4n) is 3.99. The number of aryl methyl sites for hydroxylation is 1. The SMILES string of the molecule is CCOC(=O)[C@H](CCc1ccccc1)N1C(=O)C2CCCN2C(=O)C1C. The molecule has 2 aliphatic rings. The van der Waals surface area contributed by atoms with Gasteiger partial charge in [-0.2, -0.15) is 0 Å². The van der Waals surface area contributed by atoms with Crippen molar-refractivity contribution in [2.75, 3.05) is 13.2 Å². The molecular formula is C20H26N2O4. The van der Waals surface area contributed by atoms with Crippen LogP contribution in [0.2, 0.25) is 0 Å². The Morgan fingerprint density at radius 2 is 1.96 bits per heavy atom. The van der Waals surface area contributed by atoms with E-state index in [-0.39, 0.29) is 18.4 Å². The number of amides is 2. The van der Waals surface area contributed by atoms with Crippen molar-refractivity contribution >= 4 is 17.8 Å². The van der Waals surface area contributed by atoms with Gasteiger partial charge >= 0.3 is 5.97 Å². The van der Waals surface area contributed by atoms with E-state index in [1.54, 1.807) is 18.7 Å². The molecule has 0 saturated carbocycles. The summed E-state index contributed by atoms with van der Waals surface area (Å²) in [5.41, 5.74) is 1.09. The number of hydrogen-bond acceptors (Lipinski definition) is 4. The first-order chi connectivity index (χ1) is 12.5. The first-order valence-electron chi connectivity index (χ1n) is 9.37. The minimum absolute atomic E-state index is 0.0684. The number of esters is 1. The highest BCUT2D eigenvalue weighted by Crippen LogP contribution is 2.29. The average Bonchev–Trinajstić information content (AvgIpc) is 3.14. The molecule has 2 aliphatic heterocycles. The van der Waals surface area contributed by atoms with E-state index in [1.807, 2.05) is 30.3 Å². The molecule has 1 aromatic rings. The molecule has 1 aromatic carbocycles. The second-order valence-electron chi connectivity index (χ2n) is 6.90. The molecule has 140 valence electrons. The van der Waals surface area contributed by atoms with Crippen LogP contribution in [-0.4, -0.2) is 58.9 Å². The second kappa shape index (κ2) is 7.89. The third-order valence-corrected chi connectivity index (χ3v) is 5.29. The molecule has 2 amide bonds. The molecule has 0 radical (unpaired) electrons. The number of hydrogen-bond donors (Lipinski definition) is 0. The number of rotatable bonds is 6. The minimum Gasteiger partial charge on any atom is -0.464 e. The summed E-state index contributed by atoms with van der Waals surface area (Å²) < 4.78 is 5.23. The fraction of sp³-hybridized carbons (Fsp3) is 0.550. The van der Waals surface area contributed by atoms with E-state index in [0.717, 1.165) is 12.0 Å². The zero-order chi connectivity index (χ0) is 18.7. The van der Waals surface area contributed by atoms with Gasteiger partial charge in [-0.1, -0.05) is 30.3 Å². The van der Waals surface area contributed by atoms with Crippen molar-refractivity contribution in [3.05, 3.63) is 35.9 Å². The van der Waals surface area contributed by atoms with Crippen LogP contribution in [0.4, 0.5) is 0 Å². The van der Waals surface area contributed by atoms with Gasteiger partial charge < -0.3 is 14.5 Å². The molecule has 26 heavy (non-hydrogen) atoms. The van der Waals surface area contributed by atoms with Gasteiger partial charge in [0.25, 0.3) is 0 Å². The lowest BCUT2D eigenvalue weighted by atomic mass is 9.98. The van der Waals surface area contributed by atoms with Gasteiger partial charge in [-0.3, -0.25) is 9.59 Å². The monoisotopic (exact) mass is 358 g/mol. The summed E-state index contributed by atoms with van der Waals surface area (Å²) in [6.07, 6.45) is 2.58. The lowest BCUT2D eigenvalue weighted by molar-refractivity contribution is -0.168. The Balaban J connectivity index is 1.83. The van der Waals surface area contributed by atoms with E-state index in [9.17, 15) is 14.4 Å². The predicted molar refractivity (Wildman–Crippen MR) is 96.2 cm³/mol. The van der Waals surface area contributed by atoms with Gasteiger partial charge in [-0.25, -0.2) is 4.79 Å². The number of nitrogens with zero attached hydrogens (tertiary/aromatic N) is 2. The van der Waals surface area contributed by atoms with Crippen molar-refractivity contribution in [2.24, 2.45) is 0 Å². The summed E-state index contributed by atoms with van der Waals surface area (Å²) >= 11 is 0. The largest absolute Gasteiger partial charge is 0.464 e. The van der Waals surface area contributed by atoms with Crippen molar-refractivity contribution in [1.29, 1.82) is 0 Å². The highest BCUT2D eigenvalue weighted by molar-refractivity contribution is 5.99. The predicted octanol–water partition coefficient (Wildman–Crippen LogP) is 1.77. The van der Waals surface area contributed by atoms with Gasteiger partial charge in [0.2, 0.25) is 11.8 Å². The number of piperazine rings is 1. The number of ether oxygens (including phenoxy) is 1. The van der Waals surface area contributed by atoms with Crippen LogP contribution >= 0.6 is 0 Å². The molecule has 2 unspecified atom stereocenters. The van der Waals surface area contributed by atoms with Crippen LogP contribution in [0.3, 0.4) is 0 Å². The molecule has 0 bridgehead atoms. The van der Waals surface area contributed by atoms with E-state index >= 15 is 0 Å². The van der Waals surface area contributed by atoms with E-state index < -0.39 is 24.1 Å². The van der Waals surface area contributed by atoms with E-state index in [2.05, 4.69) is 0 Å². The van der Waals surface area contributed by atoms with Gasteiger partial charge in [-0.05, 0) is 45.1 Å². The fourth-order valence-corrected chi connectivity index (χ4v) is 3.99. The third-order valence-electron chi connectivity index (χ3n) is 5.29. The molecule has 3 atom stereocenters. The topological polar surface area (TPSA) is 66.9 Å². The summed E-state index contributed by atoms with van der Waals surface area (Å²) in [5, 5.41) is 0. The molecule has 2 saturated heterocycles. The van der Waals surface area contributed by atoms with Crippen LogP contribution in [0.25, 0.3) is 0 Å². The Morgan fingerprint density at radius 1 is 1.23 bits per heavy atom. The maximum atomic E-state index is 13.0. The van der Waals surface area contributed by atoms with Crippen LogP contribution in [0.1, 0.15) is 38.7 Å². The Morgan fingerprint density at radius 3 is 2.65 bits per heavy atom. The lowest BCUT2D eigenvalue weighted by Crippen LogP contribution is -2.65. The highest BCUT2D eigenvalue weighted by Gasteiger charge is 2.49. The maximum absolute atomic E-state index is 13.0. The van der Waals surface area contributed by atoms with Crippen LogP contribution < -0.4 is 0 Å². The van der Waals surface area contributed by atoms with Crippen molar-refractivity contribution in [3.63, 3.8) is 0 Å². The Labute approximate surface area is 154 Å². The average molecular weight is 358 g/mol. The standard InChI is InChI=1S/C20H26N2O4/c1-3-26-20(25)17(12-11-15-8-5-4-6-9-15)22-14(2)18(23)21-13-7-10-16(21)19(22)24/h4-6,8-9,14,16-17H,3,7,10-13H2,1-2H3/t14?,16?,17-/m0/s1. The number of benzene rings is 1. The zero-order valence-corrected chi connectivity index (χ0v) is 15.4. The van der Waals surface area contributed by atoms with Gasteiger partial charge in [0.15, 0.2) is 0 Å². The Kier molecular flexibility index (Phi) is 5.59. The molecular weight excluding hydrogens is 332 g/mol. The lowest BCUT2D eigenvalue weighted by Gasteiger charge is -2.43. The van der Waals surface area contributed by atoms with Crippen LogP contribution in [-0.2, 0) is 25.5 Å². The number of carbonyl (C=O) groups is 3. The van der Waals surface area contributed by atoms with Crippen molar-refractivity contribution in [3.8, 4) is 0 Å². The molecule has 3 rings (SSSR count). The van der Waals surface area contributed by atoms with E-state index in [1.165, 1.54) is 4.90 Å². The Hall–Kier alpha value is -2.37. The van der Waals surface area contributed by atoms with Crippen molar-refractivity contribution < 1.29 is 19.1 Å². The Bertz CT molecular complexity index is 676. The number of carbonyl (C=O) groups excluding carboxylic acids is 3. The summed E-state index contributed by atoms with van der Waals surface area (Å²) in [6, 6.07) is 8.03. The van der Waals surface area contributed by atoms with Gasteiger partial charge in [-0.15, -0.1) is 0 Å². The summed E-state index contributed by atoms with van der Waals surface area (Å²) in [4.78, 5) is 41.5. The van der Waals surface area contributed by atoms with E-state index in [4.69, 9.17) is 4.74 Å². The minimum atomic E-state index is -0.732. The molecule has 0 aliphatic carbocycles. The van der Waals surface area contributed by atoms with Crippen LogP contribution in [0.5, 0.6) is 0 Å². The molecule has 6 nitrogen and oxygen atoms in total. The van der Waals surface area contributed by atoms with Crippen molar-refractivity contribution in [1.82, 2.24) is 9.80 Å². The second-order valence-corrected chi connectivity index (χ2v) is 6.90. The summed E-state index contributed by atoms with van der Waals surface area (Å²) in [7, 11) is 0. The smallest absolute Gasteiger partial charge is 0.328 e. The van der Waals surface area contributed by atoms with Gasteiger partial charge in [0.05, 0.1) is 6.61 Å². The molecule has 0 aromatic heterocycles. The maximum Gasteiger partial charge on any atom is 0.328 e. The molecule has 0 N–H and O–H groups in total. The van der Waals surface area contributed by atoms with Gasteiger partial charge in [0, 0.05) is 6.54 Å². The van der Waals surface area contributed by atoms with Gasteiger partial charge in [0.1, 0.15) is 18.1 Å². The summed E-state index contributed by atoms with van der Waals surface area (Å²) in [5.74, 6) is -0.621. The van der Waals surface area contributed by atoms with Crippen molar-refractivity contribution in [2.45, 2.75) is 57.7 Å². The first kappa shape index (κ1) is 18.4. The molecule has 6 heteroatoms. The van der Waals surface area contributed by atoms with Crippen LogP contribution in [0, 0.1) is 0 Å². The molecule has 2 fully saturated rings. The molecule has 2 heterocycles. The highest BCUT2D eigenvalue weighted by atomic mass is 16.5. The first-order valence-corrected chi connectivity index (χ1v) is 9.37. The number of fused-ring (bicyclic) bond motifs is 1. The summed E-state index contributed by atoms with van der Waals surface area (Å²) in [6.45, 7) is 4.34. The quantitative estimate of drug-likeness (QED) is 0.727. The third kappa shape index (κ3) is 3.45. The molecule has 0 spiro atoms. The normalized spacial score (nSPS) is 23.8. The zero-order valence-electron chi connectivity index (χ0n) is 15.4. The van der Waals surface area contributed by atoms with Crippen LogP contribution in [0.15, 0.2) is 30.3 Å².